The Labute approximate surface area is 99.1 Å². The Bertz CT molecular complexity index is 449. The molecule has 0 fully saturated rings. The van der Waals surface area contributed by atoms with Gasteiger partial charge in [0.25, 0.3) is 0 Å². The molecule has 2 rings (SSSR count). The molecule has 16 heavy (non-hydrogen) atoms. The van der Waals surface area contributed by atoms with Gasteiger partial charge in [-0.3, -0.25) is 0 Å². The van der Waals surface area contributed by atoms with Gasteiger partial charge in [-0.1, -0.05) is 6.07 Å². The number of hydrogen-bond donors (Lipinski definition) is 1. The number of rotatable bonds is 4. The van der Waals surface area contributed by atoms with Gasteiger partial charge in [0.15, 0.2) is 0 Å². The van der Waals surface area contributed by atoms with E-state index in [1.807, 2.05) is 13.0 Å². The summed E-state index contributed by atoms with van der Waals surface area (Å²) in [6.45, 7) is 2.50. The molecule has 0 bridgehead atoms. The first kappa shape index (κ1) is 11.0. The second-order valence-electron chi connectivity index (χ2n) is 3.63. The van der Waals surface area contributed by atoms with E-state index in [0.717, 1.165) is 17.7 Å². The SMILES string of the molecule is Cc1c(O)cccc1OCCc1ccsc1. The third-order valence-corrected chi connectivity index (χ3v) is 3.22. The Morgan fingerprint density at radius 2 is 2.19 bits per heavy atom. The van der Waals surface area contributed by atoms with Crippen molar-refractivity contribution in [1.82, 2.24) is 0 Å². The van der Waals surface area contributed by atoms with Crippen molar-refractivity contribution in [3.05, 3.63) is 46.2 Å². The zero-order valence-corrected chi connectivity index (χ0v) is 9.96. The molecule has 0 amide bonds. The second-order valence-corrected chi connectivity index (χ2v) is 4.41. The van der Waals surface area contributed by atoms with E-state index in [0.29, 0.717) is 6.61 Å². The van der Waals surface area contributed by atoms with Crippen LogP contribution < -0.4 is 4.74 Å². The van der Waals surface area contributed by atoms with E-state index in [9.17, 15) is 5.11 Å². The van der Waals surface area contributed by atoms with E-state index < -0.39 is 0 Å². The molecule has 2 aromatic rings. The minimum Gasteiger partial charge on any atom is -0.508 e. The van der Waals surface area contributed by atoms with Gasteiger partial charge in [0.1, 0.15) is 11.5 Å². The summed E-state index contributed by atoms with van der Waals surface area (Å²) in [5.74, 6) is 1.04. The number of thiophene rings is 1. The molecule has 0 unspecified atom stereocenters. The van der Waals surface area contributed by atoms with Crippen molar-refractivity contribution < 1.29 is 9.84 Å². The Morgan fingerprint density at radius 3 is 2.94 bits per heavy atom. The maximum absolute atomic E-state index is 9.51. The van der Waals surface area contributed by atoms with Crippen molar-refractivity contribution in [2.75, 3.05) is 6.61 Å². The molecule has 0 aliphatic heterocycles. The van der Waals surface area contributed by atoms with Crippen molar-refractivity contribution in [1.29, 1.82) is 0 Å². The molecule has 2 nitrogen and oxygen atoms in total. The van der Waals surface area contributed by atoms with Crippen LogP contribution in [0.1, 0.15) is 11.1 Å². The van der Waals surface area contributed by atoms with Crippen molar-refractivity contribution in [2.45, 2.75) is 13.3 Å². The summed E-state index contributed by atoms with van der Waals surface area (Å²) in [5.41, 5.74) is 2.09. The highest BCUT2D eigenvalue weighted by Gasteiger charge is 2.03. The highest BCUT2D eigenvalue weighted by atomic mass is 32.1. The first-order valence-electron chi connectivity index (χ1n) is 5.20. The first-order chi connectivity index (χ1) is 7.77. The van der Waals surface area contributed by atoms with E-state index in [4.69, 9.17) is 4.74 Å². The minimum absolute atomic E-state index is 0.285. The fraction of sp³-hybridized carbons (Fsp3) is 0.231. The molecule has 1 N–H and O–H groups in total. The molecule has 84 valence electrons. The molecular formula is C13H14O2S. The number of benzene rings is 1. The molecule has 0 radical (unpaired) electrons. The monoisotopic (exact) mass is 234 g/mol. The summed E-state index contributed by atoms with van der Waals surface area (Å²) in [6, 6.07) is 7.44. The molecular weight excluding hydrogens is 220 g/mol. The largest absolute Gasteiger partial charge is 0.508 e. The topological polar surface area (TPSA) is 29.5 Å². The quantitative estimate of drug-likeness (QED) is 0.878. The van der Waals surface area contributed by atoms with E-state index in [1.54, 1.807) is 23.5 Å². The van der Waals surface area contributed by atoms with E-state index in [2.05, 4.69) is 16.8 Å². The number of phenols is 1. The Balaban J connectivity index is 1.92. The summed E-state index contributed by atoms with van der Waals surface area (Å²) in [5, 5.41) is 13.7. The van der Waals surface area contributed by atoms with Crippen LogP contribution in [0.4, 0.5) is 0 Å². The third-order valence-electron chi connectivity index (χ3n) is 2.48. The van der Waals surface area contributed by atoms with Crippen LogP contribution in [0.2, 0.25) is 0 Å². The zero-order valence-electron chi connectivity index (χ0n) is 9.14. The second kappa shape index (κ2) is 5.03. The van der Waals surface area contributed by atoms with Crippen LogP contribution in [0.15, 0.2) is 35.0 Å². The maximum atomic E-state index is 9.51. The first-order valence-corrected chi connectivity index (χ1v) is 6.14. The van der Waals surface area contributed by atoms with Crippen LogP contribution >= 0.6 is 11.3 Å². The van der Waals surface area contributed by atoms with E-state index in [1.165, 1.54) is 5.56 Å². The summed E-state index contributed by atoms with van der Waals surface area (Å²) >= 11 is 1.70. The molecule has 0 aliphatic carbocycles. The van der Waals surface area contributed by atoms with Crippen LogP contribution in [-0.4, -0.2) is 11.7 Å². The zero-order chi connectivity index (χ0) is 11.4. The van der Waals surface area contributed by atoms with E-state index in [-0.39, 0.29) is 5.75 Å². The Hall–Kier alpha value is -1.48. The summed E-state index contributed by atoms with van der Waals surface area (Å²) in [6.07, 6.45) is 0.901. The Morgan fingerprint density at radius 1 is 1.31 bits per heavy atom. The van der Waals surface area contributed by atoms with Crippen molar-refractivity contribution in [2.24, 2.45) is 0 Å². The smallest absolute Gasteiger partial charge is 0.125 e. The highest BCUT2D eigenvalue weighted by molar-refractivity contribution is 7.07. The molecule has 1 aromatic carbocycles. The molecule has 1 heterocycles. The fourth-order valence-electron chi connectivity index (χ4n) is 1.47. The number of hydrogen-bond acceptors (Lipinski definition) is 3. The summed E-state index contributed by atoms with van der Waals surface area (Å²) in [4.78, 5) is 0. The summed E-state index contributed by atoms with van der Waals surface area (Å²) < 4.78 is 5.64. The lowest BCUT2D eigenvalue weighted by Gasteiger charge is -2.09. The number of ether oxygens (including phenoxy) is 1. The fourth-order valence-corrected chi connectivity index (χ4v) is 2.18. The minimum atomic E-state index is 0.285. The van der Waals surface area contributed by atoms with Crippen molar-refractivity contribution in [3.63, 3.8) is 0 Å². The van der Waals surface area contributed by atoms with Crippen molar-refractivity contribution in [3.8, 4) is 11.5 Å². The normalized spacial score (nSPS) is 10.3. The average Bonchev–Trinajstić information content (AvgIpc) is 2.77. The lowest BCUT2D eigenvalue weighted by molar-refractivity contribution is 0.317. The predicted octanol–water partition coefficient (Wildman–Crippen LogP) is 3.38. The van der Waals surface area contributed by atoms with Gasteiger partial charge in [-0.15, -0.1) is 0 Å². The van der Waals surface area contributed by atoms with E-state index >= 15 is 0 Å². The number of phenolic OH excluding ortho intramolecular Hbond substituents is 1. The lowest BCUT2D eigenvalue weighted by atomic mass is 10.2. The lowest BCUT2D eigenvalue weighted by Crippen LogP contribution is -2.01. The van der Waals surface area contributed by atoms with Gasteiger partial charge >= 0.3 is 0 Å². The van der Waals surface area contributed by atoms with Gasteiger partial charge in [-0.05, 0) is 41.4 Å². The average molecular weight is 234 g/mol. The van der Waals surface area contributed by atoms with Gasteiger partial charge in [0, 0.05) is 12.0 Å². The predicted molar refractivity (Wildman–Crippen MR) is 66.4 cm³/mol. The summed E-state index contributed by atoms with van der Waals surface area (Å²) in [7, 11) is 0. The van der Waals surface area contributed by atoms with Crippen LogP contribution in [0.3, 0.4) is 0 Å². The maximum Gasteiger partial charge on any atom is 0.125 e. The third kappa shape index (κ3) is 2.55. The van der Waals surface area contributed by atoms with Gasteiger partial charge in [0.05, 0.1) is 6.61 Å². The molecule has 0 aliphatic rings. The van der Waals surface area contributed by atoms with Crippen LogP contribution in [0.5, 0.6) is 11.5 Å². The van der Waals surface area contributed by atoms with Crippen LogP contribution in [0, 0.1) is 6.92 Å². The van der Waals surface area contributed by atoms with Gasteiger partial charge in [-0.25, -0.2) is 0 Å². The molecule has 0 spiro atoms. The standard InChI is InChI=1S/C13H14O2S/c1-10-12(14)3-2-4-13(10)15-7-5-11-6-8-16-9-11/h2-4,6,8-9,14H,5,7H2,1H3. The molecule has 3 heteroatoms. The Kier molecular flexibility index (Phi) is 3.47. The molecule has 1 aromatic heterocycles. The highest BCUT2D eigenvalue weighted by Crippen LogP contribution is 2.26. The van der Waals surface area contributed by atoms with Gasteiger partial charge in [0.2, 0.25) is 0 Å². The van der Waals surface area contributed by atoms with Gasteiger partial charge < -0.3 is 9.84 Å². The van der Waals surface area contributed by atoms with Crippen LogP contribution in [0.25, 0.3) is 0 Å². The molecule has 0 saturated carbocycles. The van der Waals surface area contributed by atoms with Gasteiger partial charge in [-0.2, -0.15) is 11.3 Å². The number of aromatic hydroxyl groups is 1. The van der Waals surface area contributed by atoms with Crippen LogP contribution in [-0.2, 0) is 6.42 Å². The van der Waals surface area contributed by atoms with Crippen molar-refractivity contribution >= 4 is 11.3 Å². The molecule has 0 atom stereocenters. The molecule has 0 saturated heterocycles.